The Kier molecular flexibility index (Phi) is 4.91. The molecule has 5 rings (SSSR count). The third-order valence-electron chi connectivity index (χ3n) is 6.03. The first-order valence-corrected chi connectivity index (χ1v) is 10.4. The first-order chi connectivity index (χ1) is 17.0. The predicted octanol–water partition coefficient (Wildman–Crippen LogP) is 2.25. The number of aromatic amines is 2. The maximum absolute atomic E-state index is 15.0. The van der Waals surface area contributed by atoms with Crippen molar-refractivity contribution in [3.63, 3.8) is 0 Å². The maximum Gasteiger partial charge on any atom is 0.411 e. The van der Waals surface area contributed by atoms with Crippen molar-refractivity contribution in [3.8, 4) is 11.4 Å². The highest BCUT2D eigenvalue weighted by atomic mass is 19.4. The zero-order chi connectivity index (χ0) is 26.0. The van der Waals surface area contributed by atoms with E-state index < -0.39 is 57.1 Å². The van der Waals surface area contributed by atoms with Gasteiger partial charge in [0.2, 0.25) is 5.41 Å². The van der Waals surface area contributed by atoms with Crippen LogP contribution in [0, 0.1) is 12.7 Å². The van der Waals surface area contributed by atoms with Crippen molar-refractivity contribution in [2.45, 2.75) is 18.5 Å². The number of rotatable bonds is 3. The molecule has 2 aromatic carbocycles. The quantitative estimate of drug-likeness (QED) is 0.373. The van der Waals surface area contributed by atoms with Crippen molar-refractivity contribution < 1.29 is 22.4 Å². The first kappa shape index (κ1) is 23.1. The number of aryl methyl sites for hydroxylation is 1. The summed E-state index contributed by atoms with van der Waals surface area (Å²) in [5, 5.41) is 4.53. The summed E-state index contributed by atoms with van der Waals surface area (Å²) in [5.41, 5.74) is -10.1. The van der Waals surface area contributed by atoms with Gasteiger partial charge in [-0.15, -0.1) is 0 Å². The Balaban J connectivity index is 1.90. The molecule has 0 radical (unpaired) electrons. The van der Waals surface area contributed by atoms with Gasteiger partial charge in [-0.05, 0) is 43.3 Å². The normalized spacial score (nSPS) is 17.2. The summed E-state index contributed by atoms with van der Waals surface area (Å²) < 4.78 is 59.7. The first-order valence-electron chi connectivity index (χ1n) is 10.4. The van der Waals surface area contributed by atoms with E-state index in [1.54, 1.807) is 23.2 Å². The molecule has 1 aliphatic rings. The number of amides is 1. The highest BCUT2D eigenvalue weighted by molar-refractivity contribution is 6.09. The number of carbonyl (C=O) groups is 1. The number of carbonyl (C=O) groups excluding carboxylic acids is 1. The average Bonchev–Trinajstić information content (AvgIpc) is 3.28. The van der Waals surface area contributed by atoms with Crippen LogP contribution >= 0.6 is 0 Å². The molecule has 1 unspecified atom stereocenters. The molecule has 13 heteroatoms. The fourth-order valence-corrected chi connectivity index (χ4v) is 4.55. The number of hydrogen-bond acceptors (Lipinski definition) is 4. The van der Waals surface area contributed by atoms with Crippen LogP contribution in [0.3, 0.4) is 0 Å². The van der Waals surface area contributed by atoms with Gasteiger partial charge >= 0.3 is 11.9 Å². The number of hydrogen-bond donors (Lipinski definition) is 3. The molecule has 2 aromatic heterocycles. The number of anilines is 1. The van der Waals surface area contributed by atoms with Crippen molar-refractivity contribution in [1.82, 2.24) is 19.3 Å². The van der Waals surface area contributed by atoms with E-state index in [4.69, 9.17) is 0 Å². The monoisotopic (exact) mass is 501 g/mol. The topological polar surface area (TPSA) is 122 Å². The zero-order valence-corrected chi connectivity index (χ0v) is 18.2. The summed E-state index contributed by atoms with van der Waals surface area (Å²) in [6.45, 7) is 1.17. The second-order valence-electron chi connectivity index (χ2n) is 8.08. The number of nitrogens with zero attached hydrogens (tertiary/aromatic N) is 2. The fraction of sp³-hybridized carbons (Fsp3) is 0.130. The highest BCUT2D eigenvalue weighted by Crippen LogP contribution is 2.51. The van der Waals surface area contributed by atoms with Crippen LogP contribution in [0.25, 0.3) is 11.4 Å². The van der Waals surface area contributed by atoms with E-state index in [1.807, 2.05) is 5.32 Å². The number of benzene rings is 2. The van der Waals surface area contributed by atoms with Gasteiger partial charge in [-0.25, -0.2) is 18.4 Å². The number of para-hydroxylation sites is 1. The molecule has 0 saturated carbocycles. The Bertz CT molecular complexity index is 1700. The summed E-state index contributed by atoms with van der Waals surface area (Å²) in [6.07, 6.45) is -5.49. The van der Waals surface area contributed by atoms with Gasteiger partial charge < -0.3 is 5.32 Å². The molecule has 1 amide bonds. The number of fused-ring (bicyclic) bond motifs is 1. The molecule has 9 nitrogen and oxygen atoms in total. The molecule has 4 aromatic rings. The number of halogens is 4. The van der Waals surface area contributed by atoms with Crippen LogP contribution in [0.2, 0.25) is 0 Å². The van der Waals surface area contributed by atoms with Crippen molar-refractivity contribution in [1.29, 1.82) is 0 Å². The Morgan fingerprint density at radius 3 is 2.11 bits per heavy atom. The van der Waals surface area contributed by atoms with Gasteiger partial charge in [-0.3, -0.25) is 24.5 Å². The minimum Gasteiger partial charge on any atom is -0.310 e. The van der Waals surface area contributed by atoms with Crippen molar-refractivity contribution >= 4 is 11.7 Å². The second-order valence-corrected chi connectivity index (χ2v) is 8.08. The number of aromatic nitrogens is 4. The van der Waals surface area contributed by atoms with E-state index in [1.165, 1.54) is 19.1 Å². The second kappa shape index (κ2) is 7.66. The Hall–Kier alpha value is -4.68. The third-order valence-corrected chi connectivity index (χ3v) is 6.03. The summed E-state index contributed by atoms with van der Waals surface area (Å²) in [7, 11) is 0. The lowest BCUT2D eigenvalue weighted by atomic mass is 9.75. The molecule has 0 fully saturated rings. The highest BCUT2D eigenvalue weighted by Gasteiger charge is 2.70. The molecular weight excluding hydrogens is 486 g/mol. The van der Waals surface area contributed by atoms with Gasteiger partial charge in [0.1, 0.15) is 11.6 Å². The molecule has 36 heavy (non-hydrogen) atoms. The molecule has 3 heterocycles. The lowest BCUT2D eigenvalue weighted by Gasteiger charge is -2.28. The summed E-state index contributed by atoms with van der Waals surface area (Å²) in [4.78, 5) is 53.9. The maximum atomic E-state index is 15.0. The van der Waals surface area contributed by atoms with Crippen LogP contribution in [0.5, 0.6) is 0 Å². The fourth-order valence-electron chi connectivity index (χ4n) is 4.55. The lowest BCUT2D eigenvalue weighted by molar-refractivity contribution is -0.181. The molecule has 0 aliphatic carbocycles. The van der Waals surface area contributed by atoms with E-state index in [9.17, 15) is 36.7 Å². The third kappa shape index (κ3) is 3.01. The van der Waals surface area contributed by atoms with Crippen LogP contribution in [0.4, 0.5) is 23.4 Å². The lowest BCUT2D eigenvalue weighted by Crippen LogP contribution is -2.54. The van der Waals surface area contributed by atoms with E-state index in [0.29, 0.717) is 4.57 Å². The Morgan fingerprint density at radius 2 is 1.50 bits per heavy atom. The van der Waals surface area contributed by atoms with E-state index in [-0.39, 0.29) is 17.1 Å². The van der Waals surface area contributed by atoms with Crippen LogP contribution in [-0.4, -0.2) is 31.4 Å². The van der Waals surface area contributed by atoms with Crippen LogP contribution in [-0.2, 0) is 10.2 Å². The minimum absolute atomic E-state index is 0.125. The van der Waals surface area contributed by atoms with E-state index in [0.717, 1.165) is 28.9 Å². The molecule has 184 valence electrons. The smallest absolute Gasteiger partial charge is 0.310 e. The van der Waals surface area contributed by atoms with Crippen LogP contribution < -0.4 is 22.1 Å². The van der Waals surface area contributed by atoms with Gasteiger partial charge in [0.05, 0.1) is 22.5 Å². The van der Waals surface area contributed by atoms with Gasteiger partial charge in [0.15, 0.2) is 0 Å². The number of nitrogens with one attached hydrogen (secondary N) is 3. The van der Waals surface area contributed by atoms with Crippen LogP contribution in [0.15, 0.2) is 69.0 Å². The van der Waals surface area contributed by atoms with Crippen molar-refractivity contribution in [2.75, 3.05) is 5.32 Å². The number of H-pyrrole nitrogens is 2. The van der Waals surface area contributed by atoms with E-state index >= 15 is 0 Å². The standard InChI is InChI=1S/C23H15F4N5O4/c1-11-15(19(34)32(30-11)14-5-3-2-4-6-14)22(23(25,26)27)16-17(28-20(22)35)31(21(36)29-18(16)33)13-9-7-12(24)8-10-13/h2-10,30H,1H3,(H,28,35)(H,29,33,36). The summed E-state index contributed by atoms with van der Waals surface area (Å²) in [6, 6.07) is 11.7. The van der Waals surface area contributed by atoms with Gasteiger partial charge in [0.25, 0.3) is 17.0 Å². The van der Waals surface area contributed by atoms with Gasteiger partial charge in [0, 0.05) is 5.69 Å². The number of alkyl halides is 3. The van der Waals surface area contributed by atoms with Crippen molar-refractivity contribution in [3.05, 3.63) is 108 Å². The zero-order valence-electron chi connectivity index (χ0n) is 18.2. The summed E-state index contributed by atoms with van der Waals surface area (Å²) in [5.74, 6) is -3.20. The largest absolute Gasteiger partial charge is 0.411 e. The van der Waals surface area contributed by atoms with Crippen LogP contribution in [0.1, 0.15) is 16.8 Å². The molecular formula is C23H15F4N5O4. The summed E-state index contributed by atoms with van der Waals surface area (Å²) >= 11 is 0. The average molecular weight is 501 g/mol. The van der Waals surface area contributed by atoms with Gasteiger partial charge in [-0.1, -0.05) is 18.2 Å². The van der Waals surface area contributed by atoms with Crippen molar-refractivity contribution in [2.24, 2.45) is 0 Å². The van der Waals surface area contributed by atoms with Gasteiger partial charge in [-0.2, -0.15) is 13.2 Å². The predicted molar refractivity (Wildman–Crippen MR) is 119 cm³/mol. The molecule has 1 aliphatic heterocycles. The van der Waals surface area contributed by atoms with E-state index in [2.05, 4.69) is 5.10 Å². The molecule has 0 spiro atoms. The SMILES string of the molecule is Cc1[nH]n(-c2ccccc2)c(=O)c1C1(C(F)(F)F)C(=O)Nc2c1c(=O)[nH]c(=O)n2-c1ccc(F)cc1. The Morgan fingerprint density at radius 1 is 0.861 bits per heavy atom. The minimum atomic E-state index is -5.49. The molecule has 0 bridgehead atoms. The molecule has 3 N–H and O–H groups in total. The molecule has 1 atom stereocenters. The Labute approximate surface area is 197 Å². The molecule has 0 saturated heterocycles.